The average molecular weight is 299 g/mol. The first-order valence-electron chi connectivity index (χ1n) is 6.73. The van der Waals surface area contributed by atoms with E-state index in [1.54, 1.807) is 0 Å². The quantitative estimate of drug-likeness (QED) is 0.940. The Morgan fingerprint density at radius 1 is 1.43 bits per heavy atom. The maximum Gasteiger partial charge on any atom is 0.435 e. The van der Waals surface area contributed by atoms with Gasteiger partial charge in [0.05, 0.1) is 0 Å². The van der Waals surface area contributed by atoms with Gasteiger partial charge in [-0.05, 0) is 18.8 Å². The second-order valence-corrected chi connectivity index (χ2v) is 5.59. The van der Waals surface area contributed by atoms with E-state index in [1.807, 2.05) is 11.9 Å². The van der Waals surface area contributed by atoms with E-state index in [9.17, 15) is 13.2 Å². The summed E-state index contributed by atoms with van der Waals surface area (Å²) >= 11 is 0. The van der Waals surface area contributed by atoms with Crippen molar-refractivity contribution >= 4 is 11.3 Å². The summed E-state index contributed by atoms with van der Waals surface area (Å²) in [6, 6.07) is 1.28. The number of aromatic nitrogens is 3. The second-order valence-electron chi connectivity index (χ2n) is 5.59. The summed E-state index contributed by atoms with van der Waals surface area (Å²) in [4.78, 5) is 6.07. The smallest absolute Gasteiger partial charge is 0.358 e. The molecule has 0 unspecified atom stereocenters. The topological polar surface area (TPSA) is 59.5 Å². The summed E-state index contributed by atoms with van der Waals surface area (Å²) in [5.74, 6) is 0.970. The summed E-state index contributed by atoms with van der Waals surface area (Å²) < 4.78 is 39.5. The fourth-order valence-corrected chi connectivity index (χ4v) is 2.75. The third kappa shape index (κ3) is 2.67. The van der Waals surface area contributed by atoms with Gasteiger partial charge in [0.2, 0.25) is 0 Å². The van der Waals surface area contributed by atoms with Gasteiger partial charge in [-0.1, -0.05) is 0 Å². The van der Waals surface area contributed by atoms with Crippen LogP contribution in [0.1, 0.15) is 18.5 Å². The van der Waals surface area contributed by atoms with Gasteiger partial charge in [-0.15, -0.1) is 0 Å². The minimum Gasteiger partial charge on any atom is -0.358 e. The van der Waals surface area contributed by atoms with Gasteiger partial charge in [0.25, 0.3) is 0 Å². The molecular formula is C13H16F3N5. The fraction of sp³-hybridized carbons (Fsp3) is 0.538. The molecule has 1 saturated carbocycles. The van der Waals surface area contributed by atoms with Crippen LogP contribution in [0.4, 0.5) is 19.0 Å². The summed E-state index contributed by atoms with van der Waals surface area (Å²) in [7, 11) is 1.83. The molecule has 3 rings (SSSR count). The lowest BCUT2D eigenvalue weighted by atomic mass is 9.80. The zero-order valence-corrected chi connectivity index (χ0v) is 11.5. The molecule has 2 aromatic rings. The molecule has 1 aliphatic rings. The summed E-state index contributed by atoms with van der Waals surface area (Å²) in [5.41, 5.74) is 5.20. The molecule has 0 amide bonds. The molecular weight excluding hydrogens is 283 g/mol. The van der Waals surface area contributed by atoms with Gasteiger partial charge in [-0.2, -0.15) is 18.3 Å². The molecule has 0 aliphatic heterocycles. The van der Waals surface area contributed by atoms with E-state index in [2.05, 4.69) is 10.1 Å². The zero-order valence-electron chi connectivity index (χ0n) is 11.5. The molecule has 1 aliphatic carbocycles. The van der Waals surface area contributed by atoms with Crippen LogP contribution in [0.25, 0.3) is 5.52 Å². The third-order valence-corrected chi connectivity index (χ3v) is 3.83. The number of nitrogens with two attached hydrogens (primary N) is 1. The van der Waals surface area contributed by atoms with Gasteiger partial charge in [0, 0.05) is 38.1 Å². The van der Waals surface area contributed by atoms with Gasteiger partial charge in [0.15, 0.2) is 11.5 Å². The highest BCUT2D eigenvalue weighted by Gasteiger charge is 2.35. The molecule has 0 spiro atoms. The summed E-state index contributed by atoms with van der Waals surface area (Å²) in [5, 5.41) is 3.56. The summed E-state index contributed by atoms with van der Waals surface area (Å²) in [6.45, 7) is 0.729. The lowest BCUT2D eigenvalue weighted by molar-refractivity contribution is -0.141. The highest BCUT2D eigenvalue weighted by atomic mass is 19.4. The van der Waals surface area contributed by atoms with Crippen LogP contribution in [0, 0.1) is 5.92 Å². The largest absolute Gasteiger partial charge is 0.435 e. The molecule has 21 heavy (non-hydrogen) atoms. The Morgan fingerprint density at radius 3 is 2.76 bits per heavy atom. The van der Waals surface area contributed by atoms with Crippen LogP contribution in [0.2, 0.25) is 0 Å². The standard InChI is InChI=1S/C13H16F3N5/c1-20(7-8-4-9(17)5-8)12-10-6-11(13(14,15)16)19-21(10)3-2-18-12/h2-3,6,8-9H,4-5,7,17H2,1H3. The molecule has 0 radical (unpaired) electrons. The van der Waals surface area contributed by atoms with Crippen molar-refractivity contribution < 1.29 is 13.2 Å². The van der Waals surface area contributed by atoms with Crippen molar-refractivity contribution in [1.29, 1.82) is 0 Å². The van der Waals surface area contributed by atoms with E-state index < -0.39 is 11.9 Å². The van der Waals surface area contributed by atoms with Crippen molar-refractivity contribution in [3.8, 4) is 0 Å². The van der Waals surface area contributed by atoms with Crippen molar-refractivity contribution in [3.63, 3.8) is 0 Å². The number of halogens is 3. The molecule has 5 nitrogen and oxygen atoms in total. The highest BCUT2D eigenvalue weighted by molar-refractivity contribution is 5.69. The number of alkyl halides is 3. The van der Waals surface area contributed by atoms with Gasteiger partial charge >= 0.3 is 6.18 Å². The Bertz CT molecular complexity index is 645. The van der Waals surface area contributed by atoms with Crippen LogP contribution in [-0.2, 0) is 6.18 Å². The van der Waals surface area contributed by atoms with Crippen molar-refractivity contribution in [2.24, 2.45) is 11.7 Å². The van der Waals surface area contributed by atoms with Gasteiger partial charge in [0.1, 0.15) is 5.52 Å². The van der Waals surface area contributed by atoms with E-state index in [4.69, 9.17) is 5.73 Å². The monoisotopic (exact) mass is 299 g/mol. The number of nitrogens with zero attached hydrogens (tertiary/aromatic N) is 4. The van der Waals surface area contributed by atoms with Crippen LogP contribution in [-0.4, -0.2) is 34.2 Å². The fourth-order valence-electron chi connectivity index (χ4n) is 2.75. The second kappa shape index (κ2) is 4.87. The number of hydrogen-bond donors (Lipinski definition) is 1. The molecule has 0 atom stereocenters. The van der Waals surface area contributed by atoms with Crippen molar-refractivity contribution in [2.75, 3.05) is 18.5 Å². The molecule has 8 heteroatoms. The normalized spacial score (nSPS) is 22.3. The first-order valence-corrected chi connectivity index (χ1v) is 6.73. The molecule has 2 heterocycles. The first kappa shape index (κ1) is 14.1. The van der Waals surface area contributed by atoms with Gasteiger partial charge in [-0.3, -0.25) is 0 Å². The lowest BCUT2D eigenvalue weighted by Gasteiger charge is -2.35. The molecule has 2 aromatic heterocycles. The average Bonchev–Trinajstić information content (AvgIpc) is 2.80. The molecule has 0 aromatic carbocycles. The van der Waals surface area contributed by atoms with Crippen LogP contribution in [0.3, 0.4) is 0 Å². The van der Waals surface area contributed by atoms with Gasteiger partial charge < -0.3 is 10.6 Å². The Hall–Kier alpha value is -1.83. The Kier molecular flexibility index (Phi) is 3.27. The third-order valence-electron chi connectivity index (χ3n) is 3.83. The Morgan fingerprint density at radius 2 is 2.14 bits per heavy atom. The highest BCUT2D eigenvalue weighted by Crippen LogP contribution is 2.32. The minimum atomic E-state index is -4.46. The number of hydrogen-bond acceptors (Lipinski definition) is 4. The van der Waals surface area contributed by atoms with Crippen molar-refractivity contribution in [3.05, 3.63) is 24.2 Å². The van der Waals surface area contributed by atoms with Crippen LogP contribution in [0.15, 0.2) is 18.5 Å². The first-order chi connectivity index (χ1) is 9.84. The number of fused-ring (bicyclic) bond motifs is 1. The van der Waals surface area contributed by atoms with E-state index in [-0.39, 0.29) is 6.04 Å². The number of anilines is 1. The minimum absolute atomic E-state index is 0.249. The van der Waals surface area contributed by atoms with Crippen LogP contribution in [0.5, 0.6) is 0 Å². The SMILES string of the molecule is CN(CC1CC(N)C1)c1nccn2nc(C(F)(F)F)cc12. The Balaban J connectivity index is 1.89. The molecule has 114 valence electrons. The molecule has 2 N–H and O–H groups in total. The van der Waals surface area contributed by atoms with Crippen molar-refractivity contribution in [2.45, 2.75) is 25.1 Å². The molecule has 0 bridgehead atoms. The maximum atomic E-state index is 12.8. The van der Waals surface area contributed by atoms with Gasteiger partial charge in [-0.25, -0.2) is 9.50 Å². The van der Waals surface area contributed by atoms with Crippen molar-refractivity contribution in [1.82, 2.24) is 14.6 Å². The van der Waals surface area contributed by atoms with E-state index >= 15 is 0 Å². The zero-order chi connectivity index (χ0) is 15.2. The van der Waals surface area contributed by atoms with Crippen LogP contribution >= 0.6 is 0 Å². The predicted octanol–water partition coefficient (Wildman–Crippen LogP) is 1.92. The lowest BCUT2D eigenvalue weighted by Crippen LogP contribution is -2.42. The number of rotatable bonds is 3. The molecule has 1 fully saturated rings. The van der Waals surface area contributed by atoms with E-state index in [0.29, 0.717) is 17.3 Å². The van der Waals surface area contributed by atoms with E-state index in [1.165, 1.54) is 16.9 Å². The van der Waals surface area contributed by atoms with Crippen LogP contribution < -0.4 is 10.6 Å². The summed E-state index contributed by atoms with van der Waals surface area (Å²) in [6.07, 6.45) is 0.309. The maximum absolute atomic E-state index is 12.8. The predicted molar refractivity (Wildman–Crippen MR) is 72.0 cm³/mol. The van der Waals surface area contributed by atoms with E-state index in [0.717, 1.165) is 25.5 Å². The Labute approximate surface area is 119 Å². The molecule has 0 saturated heterocycles.